The molecule has 1 heterocycles. The van der Waals surface area contributed by atoms with E-state index in [4.69, 9.17) is 28.9 Å². The van der Waals surface area contributed by atoms with E-state index in [-0.39, 0.29) is 12.3 Å². The number of rotatable bonds is 3. The highest BCUT2D eigenvalue weighted by Gasteiger charge is 2.39. The summed E-state index contributed by atoms with van der Waals surface area (Å²) in [4.78, 5) is 23.2. The molecule has 0 unspecified atom stereocenters. The van der Waals surface area contributed by atoms with E-state index in [1.54, 1.807) is 12.1 Å². The zero-order valence-electron chi connectivity index (χ0n) is 12.9. The first-order chi connectivity index (χ1) is 11.9. The number of hydrogen-bond acceptors (Lipinski definition) is 3. The number of aliphatic carboxylic acids is 1. The molecule has 1 aliphatic heterocycles. The van der Waals surface area contributed by atoms with Crippen molar-refractivity contribution in [1.29, 1.82) is 0 Å². The Morgan fingerprint density at radius 2 is 1.88 bits per heavy atom. The van der Waals surface area contributed by atoms with E-state index in [9.17, 15) is 14.7 Å². The first-order valence-electron chi connectivity index (χ1n) is 7.50. The van der Waals surface area contributed by atoms with Gasteiger partial charge in [0, 0.05) is 21.5 Å². The van der Waals surface area contributed by atoms with Crippen LogP contribution >= 0.6 is 23.2 Å². The number of benzene rings is 2. The van der Waals surface area contributed by atoms with Crippen molar-refractivity contribution in [2.75, 3.05) is 5.01 Å². The molecular formula is C17H15Cl2N3O3. The molecule has 130 valence electrons. The number of hydrogen-bond donors (Lipinski definition) is 3. The lowest BCUT2D eigenvalue weighted by molar-refractivity contribution is -0.139. The first-order valence-corrected chi connectivity index (χ1v) is 8.26. The van der Waals surface area contributed by atoms with Crippen LogP contribution in [0.5, 0.6) is 0 Å². The molecule has 0 aliphatic carbocycles. The topological polar surface area (TPSA) is 95.7 Å². The van der Waals surface area contributed by atoms with Gasteiger partial charge < -0.3 is 10.8 Å². The lowest BCUT2D eigenvalue weighted by Gasteiger charge is -2.40. The summed E-state index contributed by atoms with van der Waals surface area (Å²) in [6.45, 7) is 0. The van der Waals surface area contributed by atoms with Gasteiger partial charge in [-0.05, 0) is 24.1 Å². The monoisotopic (exact) mass is 379 g/mol. The summed E-state index contributed by atoms with van der Waals surface area (Å²) in [6.07, 6.45) is 0.216. The molecule has 0 saturated heterocycles. The third kappa shape index (κ3) is 3.36. The van der Waals surface area contributed by atoms with Gasteiger partial charge in [0.15, 0.2) is 0 Å². The van der Waals surface area contributed by atoms with Gasteiger partial charge in [-0.2, -0.15) is 0 Å². The Hall–Kier alpha value is -2.44. The van der Waals surface area contributed by atoms with Crippen LogP contribution in [0.25, 0.3) is 0 Å². The summed E-state index contributed by atoms with van der Waals surface area (Å²) in [5.41, 5.74) is 9.63. The van der Waals surface area contributed by atoms with E-state index in [2.05, 4.69) is 5.43 Å². The molecule has 1 aliphatic rings. The Morgan fingerprint density at radius 3 is 2.48 bits per heavy atom. The zero-order valence-corrected chi connectivity index (χ0v) is 14.5. The minimum Gasteiger partial charge on any atom is -0.480 e. The molecule has 0 fully saturated rings. The van der Waals surface area contributed by atoms with Gasteiger partial charge in [0.05, 0.1) is 5.69 Å². The molecule has 0 radical (unpaired) electrons. The molecule has 8 heteroatoms. The highest BCUT2D eigenvalue weighted by atomic mass is 35.5. The van der Waals surface area contributed by atoms with Crippen molar-refractivity contribution < 1.29 is 14.7 Å². The Labute approximate surface area is 154 Å². The van der Waals surface area contributed by atoms with Crippen LogP contribution < -0.4 is 16.2 Å². The van der Waals surface area contributed by atoms with Crippen LogP contribution in [-0.2, 0) is 4.79 Å². The van der Waals surface area contributed by atoms with E-state index in [0.717, 1.165) is 5.56 Å². The molecule has 4 N–H and O–H groups in total. The van der Waals surface area contributed by atoms with E-state index in [1.807, 2.05) is 30.3 Å². The largest absolute Gasteiger partial charge is 0.480 e. The fraction of sp³-hybridized carbons (Fsp3) is 0.176. The molecule has 0 bridgehead atoms. The number of anilines is 1. The van der Waals surface area contributed by atoms with Gasteiger partial charge in [0.25, 0.3) is 0 Å². The normalized spacial score (nSPS) is 19.2. The Kier molecular flexibility index (Phi) is 4.74. The molecule has 0 aromatic heterocycles. The van der Waals surface area contributed by atoms with Crippen molar-refractivity contribution in [2.45, 2.75) is 18.4 Å². The second kappa shape index (κ2) is 6.82. The lowest BCUT2D eigenvalue weighted by Crippen LogP contribution is -2.56. The summed E-state index contributed by atoms with van der Waals surface area (Å²) in [6, 6.07) is 10.7. The predicted octanol–water partition coefficient (Wildman–Crippen LogP) is 3.37. The summed E-state index contributed by atoms with van der Waals surface area (Å²) in [5.74, 6) is -1.34. The second-order valence-corrected chi connectivity index (χ2v) is 6.56. The summed E-state index contributed by atoms with van der Waals surface area (Å²) >= 11 is 12.5. The average molecular weight is 380 g/mol. The maximum Gasteiger partial charge on any atom is 0.331 e. The SMILES string of the molecule is NC(=O)NN1c2cc(Cl)cc(Cl)c2[C@@H](c2ccccc2)C[C@@H]1C(=O)O. The fourth-order valence-corrected chi connectivity index (χ4v) is 3.80. The molecule has 2 aromatic rings. The van der Waals surface area contributed by atoms with Crippen molar-refractivity contribution in [3.05, 3.63) is 63.6 Å². The number of carboxylic acids is 1. The minimum atomic E-state index is -1.09. The van der Waals surface area contributed by atoms with Crippen LogP contribution in [0, 0.1) is 0 Å². The van der Waals surface area contributed by atoms with E-state index in [1.165, 1.54) is 5.01 Å². The summed E-state index contributed by atoms with van der Waals surface area (Å²) < 4.78 is 0. The van der Waals surface area contributed by atoms with Gasteiger partial charge in [-0.15, -0.1) is 0 Å². The molecule has 6 nitrogen and oxygen atoms in total. The Morgan fingerprint density at radius 1 is 1.20 bits per heavy atom. The highest BCUT2D eigenvalue weighted by Crippen LogP contribution is 2.46. The summed E-state index contributed by atoms with van der Waals surface area (Å²) in [5, 5.41) is 11.6. The molecule has 2 aromatic carbocycles. The predicted molar refractivity (Wildman–Crippen MR) is 96.0 cm³/mol. The van der Waals surface area contributed by atoms with Gasteiger partial charge in [-0.1, -0.05) is 53.5 Å². The molecular weight excluding hydrogens is 365 g/mol. The van der Waals surface area contributed by atoms with Gasteiger partial charge in [0.2, 0.25) is 0 Å². The molecule has 2 atom stereocenters. The number of halogens is 2. The quantitative estimate of drug-likeness (QED) is 0.761. The van der Waals surface area contributed by atoms with Gasteiger partial charge in [0.1, 0.15) is 6.04 Å². The molecule has 0 spiro atoms. The summed E-state index contributed by atoms with van der Waals surface area (Å²) in [7, 11) is 0. The molecule has 0 saturated carbocycles. The number of hydrazine groups is 1. The third-order valence-electron chi connectivity index (χ3n) is 4.17. The smallest absolute Gasteiger partial charge is 0.331 e. The van der Waals surface area contributed by atoms with Crippen LogP contribution in [0.2, 0.25) is 10.0 Å². The highest BCUT2D eigenvalue weighted by molar-refractivity contribution is 6.35. The number of carbonyl (C=O) groups excluding carboxylic acids is 1. The maximum atomic E-state index is 11.8. The van der Waals surface area contributed by atoms with Crippen LogP contribution in [-0.4, -0.2) is 23.1 Å². The number of nitrogens with zero attached hydrogens (tertiary/aromatic N) is 1. The average Bonchev–Trinajstić information content (AvgIpc) is 2.55. The molecule has 3 rings (SSSR count). The van der Waals surface area contributed by atoms with Gasteiger partial charge >= 0.3 is 12.0 Å². The number of carbonyl (C=O) groups is 2. The standard InChI is InChI=1S/C17H15Cl2N3O3/c18-10-6-12(19)15-11(9-4-2-1-3-5-9)8-14(16(23)24)22(13(15)7-10)21-17(20)25/h1-7,11,14H,8H2,(H,23,24)(H3,20,21,25)/t11-,14-/m1/s1. The number of carboxylic acid groups (broad SMARTS) is 1. The van der Waals surface area contributed by atoms with Crippen molar-refractivity contribution >= 4 is 40.9 Å². The van der Waals surface area contributed by atoms with E-state index in [0.29, 0.717) is 21.3 Å². The van der Waals surface area contributed by atoms with Crippen molar-refractivity contribution in [2.24, 2.45) is 5.73 Å². The van der Waals surface area contributed by atoms with Crippen molar-refractivity contribution in [3.63, 3.8) is 0 Å². The molecule has 2 amide bonds. The van der Waals surface area contributed by atoms with Crippen molar-refractivity contribution in [3.8, 4) is 0 Å². The second-order valence-electron chi connectivity index (χ2n) is 5.72. The Balaban J connectivity index is 2.21. The van der Waals surface area contributed by atoms with E-state index >= 15 is 0 Å². The first kappa shape index (κ1) is 17.4. The van der Waals surface area contributed by atoms with Crippen LogP contribution in [0.1, 0.15) is 23.5 Å². The van der Waals surface area contributed by atoms with Crippen LogP contribution in [0.4, 0.5) is 10.5 Å². The van der Waals surface area contributed by atoms with E-state index < -0.39 is 18.0 Å². The number of nitrogens with one attached hydrogen (secondary N) is 1. The van der Waals surface area contributed by atoms with Gasteiger partial charge in [-0.25, -0.2) is 15.0 Å². The fourth-order valence-electron chi connectivity index (χ4n) is 3.19. The number of fused-ring (bicyclic) bond motifs is 1. The number of primary amides is 1. The van der Waals surface area contributed by atoms with Crippen LogP contribution in [0.3, 0.4) is 0 Å². The number of nitrogens with two attached hydrogens (primary N) is 1. The molecule has 25 heavy (non-hydrogen) atoms. The number of amides is 2. The number of urea groups is 1. The maximum absolute atomic E-state index is 11.8. The lowest BCUT2D eigenvalue weighted by atomic mass is 9.81. The third-order valence-corrected chi connectivity index (χ3v) is 4.70. The van der Waals surface area contributed by atoms with Crippen LogP contribution in [0.15, 0.2) is 42.5 Å². The zero-order chi connectivity index (χ0) is 18.1. The minimum absolute atomic E-state index is 0.216. The van der Waals surface area contributed by atoms with Gasteiger partial charge in [-0.3, -0.25) is 5.01 Å². The van der Waals surface area contributed by atoms with Crippen molar-refractivity contribution in [1.82, 2.24) is 5.43 Å². The Bertz CT molecular complexity index is 829.